The summed E-state index contributed by atoms with van der Waals surface area (Å²) >= 11 is 0. The van der Waals surface area contributed by atoms with Gasteiger partial charge in [0.2, 0.25) is 5.91 Å². The van der Waals surface area contributed by atoms with Gasteiger partial charge in [0.25, 0.3) is 0 Å². The maximum atomic E-state index is 11.9. The van der Waals surface area contributed by atoms with Gasteiger partial charge >= 0.3 is 0 Å². The molecule has 1 rings (SSSR count). The molecular weight excluding hydrogens is 236 g/mol. The van der Waals surface area contributed by atoms with Gasteiger partial charge in [-0.1, -0.05) is 20.8 Å². The van der Waals surface area contributed by atoms with Crippen LogP contribution in [0.5, 0.6) is 0 Å². The molecule has 1 saturated carbocycles. The van der Waals surface area contributed by atoms with E-state index in [0.717, 1.165) is 19.0 Å². The van der Waals surface area contributed by atoms with Gasteiger partial charge in [0.1, 0.15) is 0 Å². The van der Waals surface area contributed by atoms with Crippen LogP contribution in [0.4, 0.5) is 0 Å². The van der Waals surface area contributed by atoms with Crippen LogP contribution in [0.25, 0.3) is 0 Å². The molecule has 3 nitrogen and oxygen atoms in total. The molecule has 1 N–H and O–H groups in total. The number of rotatable bonds is 5. The van der Waals surface area contributed by atoms with Gasteiger partial charge in [-0.25, -0.2) is 0 Å². The van der Waals surface area contributed by atoms with Crippen LogP contribution in [0.2, 0.25) is 0 Å². The van der Waals surface area contributed by atoms with E-state index in [1.807, 2.05) is 18.7 Å². The van der Waals surface area contributed by atoms with Gasteiger partial charge in [0, 0.05) is 19.1 Å². The van der Waals surface area contributed by atoms with Crippen LogP contribution >= 0.6 is 0 Å². The van der Waals surface area contributed by atoms with E-state index >= 15 is 0 Å². The normalized spacial score (nSPS) is 24.3. The van der Waals surface area contributed by atoms with Crippen LogP contribution in [-0.2, 0) is 4.79 Å². The smallest absolute Gasteiger partial charge is 0.236 e. The summed E-state index contributed by atoms with van der Waals surface area (Å²) in [6, 6.07) is 0.540. The topological polar surface area (TPSA) is 32.3 Å². The molecule has 0 atom stereocenters. The highest BCUT2D eigenvalue weighted by molar-refractivity contribution is 5.78. The Bertz CT molecular complexity index is 271. The van der Waals surface area contributed by atoms with E-state index in [-0.39, 0.29) is 5.91 Å². The number of amides is 1. The molecule has 1 fully saturated rings. The zero-order chi connectivity index (χ0) is 14.5. The first-order valence-corrected chi connectivity index (χ1v) is 7.89. The Morgan fingerprint density at radius 2 is 1.63 bits per heavy atom. The SMILES string of the molecule is CCN(CC)C(=O)CNC1CCC(C(C)(C)C)CC1. The summed E-state index contributed by atoms with van der Waals surface area (Å²) < 4.78 is 0. The highest BCUT2D eigenvalue weighted by atomic mass is 16.2. The maximum Gasteiger partial charge on any atom is 0.236 e. The number of hydrogen-bond donors (Lipinski definition) is 1. The number of likely N-dealkylation sites (N-methyl/N-ethyl adjacent to an activating group) is 1. The number of carbonyl (C=O) groups is 1. The van der Waals surface area contributed by atoms with E-state index in [0.29, 0.717) is 18.0 Å². The summed E-state index contributed by atoms with van der Waals surface area (Å²) in [7, 11) is 0. The number of nitrogens with zero attached hydrogens (tertiary/aromatic N) is 1. The van der Waals surface area contributed by atoms with Crippen molar-refractivity contribution in [3.63, 3.8) is 0 Å². The van der Waals surface area contributed by atoms with E-state index in [9.17, 15) is 4.79 Å². The van der Waals surface area contributed by atoms with Crippen molar-refractivity contribution in [3.8, 4) is 0 Å². The molecule has 0 heterocycles. The first-order chi connectivity index (χ1) is 8.88. The molecule has 1 aliphatic rings. The van der Waals surface area contributed by atoms with Crippen LogP contribution in [0.1, 0.15) is 60.3 Å². The summed E-state index contributed by atoms with van der Waals surface area (Å²) in [6.45, 7) is 13.2. The lowest BCUT2D eigenvalue weighted by molar-refractivity contribution is -0.130. The molecule has 112 valence electrons. The van der Waals surface area contributed by atoms with E-state index in [2.05, 4.69) is 26.1 Å². The highest BCUT2D eigenvalue weighted by Gasteiger charge is 2.29. The summed E-state index contributed by atoms with van der Waals surface area (Å²) in [5.74, 6) is 1.08. The molecule has 0 radical (unpaired) electrons. The van der Waals surface area contributed by atoms with Gasteiger partial charge in [0.05, 0.1) is 6.54 Å². The molecule has 0 bridgehead atoms. The molecule has 1 aliphatic carbocycles. The summed E-state index contributed by atoms with van der Waals surface area (Å²) in [5.41, 5.74) is 0.433. The van der Waals surface area contributed by atoms with Crippen molar-refractivity contribution in [3.05, 3.63) is 0 Å². The monoisotopic (exact) mass is 268 g/mol. The lowest BCUT2D eigenvalue weighted by atomic mass is 9.71. The van der Waals surface area contributed by atoms with Crippen LogP contribution in [0.3, 0.4) is 0 Å². The van der Waals surface area contributed by atoms with E-state index in [1.165, 1.54) is 25.7 Å². The first-order valence-electron chi connectivity index (χ1n) is 7.89. The zero-order valence-electron chi connectivity index (χ0n) is 13.5. The van der Waals surface area contributed by atoms with Crippen molar-refractivity contribution in [2.75, 3.05) is 19.6 Å². The average Bonchev–Trinajstić information content (AvgIpc) is 2.37. The Kier molecular flexibility index (Phi) is 6.31. The summed E-state index contributed by atoms with van der Waals surface area (Å²) in [5, 5.41) is 3.45. The third-order valence-corrected chi connectivity index (χ3v) is 4.61. The Balaban J connectivity index is 2.28. The fraction of sp³-hybridized carbons (Fsp3) is 0.938. The van der Waals surface area contributed by atoms with Gasteiger partial charge in [-0.2, -0.15) is 0 Å². The largest absolute Gasteiger partial charge is 0.342 e. The molecule has 0 aromatic rings. The van der Waals surface area contributed by atoms with Crippen molar-refractivity contribution in [1.82, 2.24) is 10.2 Å². The maximum absolute atomic E-state index is 11.9. The summed E-state index contributed by atoms with van der Waals surface area (Å²) in [4.78, 5) is 13.8. The van der Waals surface area contributed by atoms with Crippen molar-refractivity contribution >= 4 is 5.91 Å². The Labute approximate surface area is 119 Å². The number of hydrogen-bond acceptors (Lipinski definition) is 2. The standard InChI is InChI=1S/C16H32N2O/c1-6-18(7-2)15(19)12-17-14-10-8-13(9-11-14)16(3,4)5/h13-14,17H,6-12H2,1-5H3. The molecule has 0 aliphatic heterocycles. The van der Waals surface area contributed by atoms with Gasteiger partial charge in [-0.3, -0.25) is 4.79 Å². The fourth-order valence-electron chi connectivity index (χ4n) is 3.08. The van der Waals surface area contributed by atoms with Crippen molar-refractivity contribution in [2.24, 2.45) is 11.3 Å². The molecule has 19 heavy (non-hydrogen) atoms. The molecule has 0 aromatic heterocycles. The minimum absolute atomic E-state index is 0.239. The van der Waals surface area contributed by atoms with Crippen molar-refractivity contribution in [2.45, 2.75) is 66.3 Å². The van der Waals surface area contributed by atoms with E-state index < -0.39 is 0 Å². The van der Waals surface area contributed by atoms with Crippen molar-refractivity contribution in [1.29, 1.82) is 0 Å². The molecule has 1 amide bonds. The minimum Gasteiger partial charge on any atom is -0.342 e. The zero-order valence-corrected chi connectivity index (χ0v) is 13.5. The number of carbonyl (C=O) groups excluding carboxylic acids is 1. The summed E-state index contributed by atoms with van der Waals surface area (Å²) in [6.07, 6.45) is 5.02. The van der Waals surface area contributed by atoms with Gasteiger partial charge in [-0.15, -0.1) is 0 Å². The van der Waals surface area contributed by atoms with Gasteiger partial charge in [0.15, 0.2) is 0 Å². The van der Waals surface area contributed by atoms with Gasteiger partial charge in [-0.05, 0) is 50.9 Å². The number of nitrogens with one attached hydrogen (secondary N) is 1. The van der Waals surface area contributed by atoms with Crippen LogP contribution in [0.15, 0.2) is 0 Å². The molecule has 0 spiro atoms. The van der Waals surface area contributed by atoms with Crippen LogP contribution in [-0.4, -0.2) is 36.5 Å². The Morgan fingerprint density at radius 1 is 1.11 bits per heavy atom. The fourth-order valence-corrected chi connectivity index (χ4v) is 3.08. The second kappa shape index (κ2) is 7.28. The average molecular weight is 268 g/mol. The van der Waals surface area contributed by atoms with Gasteiger partial charge < -0.3 is 10.2 Å². The Hall–Kier alpha value is -0.570. The molecule has 3 heteroatoms. The first kappa shape index (κ1) is 16.5. The third kappa shape index (κ3) is 5.13. The minimum atomic E-state index is 0.239. The predicted molar refractivity (Wildman–Crippen MR) is 81.1 cm³/mol. The van der Waals surface area contributed by atoms with Crippen LogP contribution < -0.4 is 5.32 Å². The lowest BCUT2D eigenvalue weighted by Crippen LogP contribution is -2.43. The Morgan fingerprint density at radius 3 is 2.05 bits per heavy atom. The van der Waals surface area contributed by atoms with Crippen LogP contribution in [0, 0.1) is 11.3 Å². The predicted octanol–water partition coefficient (Wildman–Crippen LogP) is 3.05. The van der Waals surface area contributed by atoms with E-state index in [1.54, 1.807) is 0 Å². The second-order valence-electron chi connectivity index (χ2n) is 6.86. The molecule has 0 saturated heterocycles. The lowest BCUT2D eigenvalue weighted by Gasteiger charge is -2.37. The highest BCUT2D eigenvalue weighted by Crippen LogP contribution is 2.37. The van der Waals surface area contributed by atoms with Crippen molar-refractivity contribution < 1.29 is 4.79 Å². The molecule has 0 unspecified atom stereocenters. The van der Waals surface area contributed by atoms with E-state index in [4.69, 9.17) is 0 Å². The third-order valence-electron chi connectivity index (χ3n) is 4.61. The molecule has 0 aromatic carbocycles. The second-order valence-corrected chi connectivity index (χ2v) is 6.86. The quantitative estimate of drug-likeness (QED) is 0.831. The molecular formula is C16H32N2O.